The Kier molecular flexibility index (Phi) is 3.59. The van der Waals surface area contributed by atoms with Crippen molar-refractivity contribution in [1.82, 2.24) is 0 Å². The van der Waals surface area contributed by atoms with Crippen LogP contribution in [0.5, 0.6) is 0 Å². The molecule has 2 atom stereocenters. The Morgan fingerprint density at radius 3 is 2.81 bits per heavy atom. The first-order valence-electron chi connectivity index (χ1n) is 5.71. The smallest absolute Gasteiger partial charge is 0.118 e. The van der Waals surface area contributed by atoms with Gasteiger partial charge in [-0.2, -0.15) is 0 Å². The van der Waals surface area contributed by atoms with Crippen molar-refractivity contribution in [2.24, 2.45) is 5.73 Å². The number of methoxy groups -OCH3 is 1. The Labute approximate surface area is 96.5 Å². The highest BCUT2D eigenvalue weighted by Gasteiger charge is 2.38. The highest BCUT2D eigenvalue weighted by Crippen LogP contribution is 2.34. The molecule has 1 saturated heterocycles. The number of benzene rings is 1. The van der Waals surface area contributed by atoms with E-state index in [9.17, 15) is 0 Å². The van der Waals surface area contributed by atoms with Gasteiger partial charge in [-0.05, 0) is 18.4 Å². The van der Waals surface area contributed by atoms with E-state index < -0.39 is 0 Å². The van der Waals surface area contributed by atoms with Gasteiger partial charge in [-0.15, -0.1) is 0 Å². The third kappa shape index (κ3) is 2.26. The van der Waals surface area contributed by atoms with Crippen LogP contribution in [0.25, 0.3) is 0 Å². The third-order valence-electron chi connectivity index (χ3n) is 3.14. The van der Waals surface area contributed by atoms with Crippen LogP contribution >= 0.6 is 0 Å². The predicted molar refractivity (Wildman–Crippen MR) is 63.2 cm³/mol. The molecule has 0 amide bonds. The van der Waals surface area contributed by atoms with Crippen LogP contribution in [0, 0.1) is 0 Å². The van der Waals surface area contributed by atoms with E-state index in [0.29, 0.717) is 13.2 Å². The molecule has 3 heteroatoms. The van der Waals surface area contributed by atoms with E-state index in [0.717, 1.165) is 18.4 Å². The molecular weight excluding hydrogens is 202 g/mol. The zero-order valence-corrected chi connectivity index (χ0v) is 9.69. The number of hydrogen-bond acceptors (Lipinski definition) is 3. The number of ether oxygens (including phenoxy) is 2. The molecule has 2 rings (SSSR count). The van der Waals surface area contributed by atoms with Gasteiger partial charge in [0.1, 0.15) is 5.60 Å². The summed E-state index contributed by atoms with van der Waals surface area (Å²) in [5, 5.41) is 0. The molecule has 0 saturated carbocycles. The van der Waals surface area contributed by atoms with Crippen LogP contribution in [0.15, 0.2) is 30.3 Å². The second-order valence-corrected chi connectivity index (χ2v) is 4.39. The molecule has 0 bridgehead atoms. The molecule has 0 aliphatic carbocycles. The van der Waals surface area contributed by atoms with Gasteiger partial charge >= 0.3 is 0 Å². The molecule has 0 radical (unpaired) electrons. The van der Waals surface area contributed by atoms with Crippen LogP contribution in [0.2, 0.25) is 0 Å². The summed E-state index contributed by atoms with van der Waals surface area (Å²) >= 11 is 0. The number of nitrogens with two attached hydrogens (primary N) is 1. The summed E-state index contributed by atoms with van der Waals surface area (Å²) in [6.45, 7) is 1.27. The minimum absolute atomic E-state index is 0.198. The van der Waals surface area contributed by atoms with Gasteiger partial charge in [-0.3, -0.25) is 0 Å². The lowest BCUT2D eigenvalue weighted by Gasteiger charge is -2.39. The fourth-order valence-electron chi connectivity index (χ4n) is 2.35. The molecule has 2 N–H and O–H groups in total. The van der Waals surface area contributed by atoms with Crippen LogP contribution in [-0.2, 0) is 15.1 Å². The van der Waals surface area contributed by atoms with Crippen LogP contribution in [0.3, 0.4) is 0 Å². The summed E-state index contributed by atoms with van der Waals surface area (Å²) in [6.07, 6.45) is 1.75. The Hall–Kier alpha value is -0.900. The van der Waals surface area contributed by atoms with Gasteiger partial charge in [-0.25, -0.2) is 0 Å². The predicted octanol–water partition coefficient (Wildman–Crippen LogP) is 1.67. The first-order chi connectivity index (χ1) is 7.77. The van der Waals surface area contributed by atoms with Gasteiger partial charge in [-0.1, -0.05) is 30.3 Å². The molecule has 1 heterocycles. The number of hydrogen-bond donors (Lipinski definition) is 1. The summed E-state index contributed by atoms with van der Waals surface area (Å²) in [7, 11) is 1.70. The van der Waals surface area contributed by atoms with Crippen LogP contribution in [-0.4, -0.2) is 26.4 Å². The maximum atomic E-state index is 6.04. The van der Waals surface area contributed by atoms with Crippen LogP contribution < -0.4 is 5.73 Å². The molecule has 1 aliphatic rings. The summed E-state index contributed by atoms with van der Waals surface area (Å²) in [5.74, 6) is 0. The second-order valence-electron chi connectivity index (χ2n) is 4.39. The molecule has 0 spiro atoms. The highest BCUT2D eigenvalue weighted by atomic mass is 16.5. The lowest BCUT2D eigenvalue weighted by atomic mass is 9.85. The van der Waals surface area contributed by atoms with E-state index in [-0.39, 0.29) is 11.6 Å². The van der Waals surface area contributed by atoms with Gasteiger partial charge in [0.05, 0.1) is 6.61 Å². The molecule has 0 aromatic heterocycles. The Morgan fingerprint density at radius 1 is 1.44 bits per heavy atom. The normalized spacial score (nSPS) is 30.2. The van der Waals surface area contributed by atoms with E-state index in [1.807, 2.05) is 18.2 Å². The fourth-order valence-corrected chi connectivity index (χ4v) is 2.35. The van der Waals surface area contributed by atoms with E-state index in [4.69, 9.17) is 15.2 Å². The molecule has 1 aliphatic heterocycles. The van der Waals surface area contributed by atoms with Crippen molar-refractivity contribution in [3.05, 3.63) is 35.9 Å². The maximum Gasteiger partial charge on any atom is 0.118 e. The summed E-state index contributed by atoms with van der Waals surface area (Å²) in [4.78, 5) is 0. The largest absolute Gasteiger partial charge is 0.381 e. The van der Waals surface area contributed by atoms with Crippen molar-refractivity contribution in [1.29, 1.82) is 0 Å². The minimum atomic E-state index is -0.353. The van der Waals surface area contributed by atoms with E-state index >= 15 is 0 Å². The van der Waals surface area contributed by atoms with Crippen molar-refractivity contribution in [2.75, 3.05) is 20.3 Å². The van der Waals surface area contributed by atoms with E-state index in [1.165, 1.54) is 0 Å². The van der Waals surface area contributed by atoms with Crippen LogP contribution in [0.4, 0.5) is 0 Å². The van der Waals surface area contributed by atoms with Crippen molar-refractivity contribution in [2.45, 2.75) is 24.5 Å². The quantitative estimate of drug-likeness (QED) is 0.844. The highest BCUT2D eigenvalue weighted by molar-refractivity contribution is 5.23. The van der Waals surface area contributed by atoms with Crippen molar-refractivity contribution in [3.63, 3.8) is 0 Å². The van der Waals surface area contributed by atoms with Gasteiger partial charge in [0, 0.05) is 19.8 Å². The lowest BCUT2D eigenvalue weighted by molar-refractivity contribution is -0.126. The van der Waals surface area contributed by atoms with Crippen molar-refractivity contribution in [3.8, 4) is 0 Å². The first-order valence-corrected chi connectivity index (χ1v) is 5.71. The SMILES string of the molecule is COCC1(c2ccccc2)CC(N)CCO1. The first kappa shape index (κ1) is 11.6. The third-order valence-corrected chi connectivity index (χ3v) is 3.14. The standard InChI is InChI=1S/C13H19NO2/c1-15-10-13(9-12(14)7-8-16-13)11-5-3-2-4-6-11/h2-6,12H,7-10,14H2,1H3. The van der Waals surface area contributed by atoms with Crippen molar-refractivity contribution < 1.29 is 9.47 Å². The van der Waals surface area contributed by atoms with E-state index in [2.05, 4.69) is 12.1 Å². The van der Waals surface area contributed by atoms with Gasteiger partial charge in [0.15, 0.2) is 0 Å². The summed E-state index contributed by atoms with van der Waals surface area (Å²) < 4.78 is 11.3. The Bertz CT molecular complexity index is 324. The van der Waals surface area contributed by atoms with Crippen LogP contribution in [0.1, 0.15) is 18.4 Å². The molecule has 1 aromatic rings. The van der Waals surface area contributed by atoms with E-state index in [1.54, 1.807) is 7.11 Å². The maximum absolute atomic E-state index is 6.04. The van der Waals surface area contributed by atoms with Gasteiger partial charge in [0.2, 0.25) is 0 Å². The Balaban J connectivity index is 2.27. The average molecular weight is 221 g/mol. The zero-order valence-electron chi connectivity index (χ0n) is 9.69. The van der Waals surface area contributed by atoms with Gasteiger partial charge in [0.25, 0.3) is 0 Å². The van der Waals surface area contributed by atoms with Crippen molar-refractivity contribution >= 4 is 0 Å². The lowest BCUT2D eigenvalue weighted by Crippen LogP contribution is -2.45. The molecule has 16 heavy (non-hydrogen) atoms. The molecular formula is C13H19NO2. The zero-order chi connectivity index (χ0) is 11.4. The molecule has 1 aromatic carbocycles. The minimum Gasteiger partial charge on any atom is -0.381 e. The topological polar surface area (TPSA) is 44.5 Å². The molecule has 1 fully saturated rings. The molecule has 2 unspecified atom stereocenters. The van der Waals surface area contributed by atoms with Gasteiger partial charge < -0.3 is 15.2 Å². The average Bonchev–Trinajstić information content (AvgIpc) is 2.31. The molecule has 88 valence electrons. The summed E-state index contributed by atoms with van der Waals surface area (Å²) in [6, 6.07) is 10.4. The second kappa shape index (κ2) is 4.95. The number of rotatable bonds is 3. The monoisotopic (exact) mass is 221 g/mol. The Morgan fingerprint density at radius 2 is 2.19 bits per heavy atom. The molecule has 3 nitrogen and oxygen atoms in total. The summed E-state index contributed by atoms with van der Waals surface area (Å²) in [5.41, 5.74) is 6.85. The fraction of sp³-hybridized carbons (Fsp3) is 0.538.